The van der Waals surface area contributed by atoms with Gasteiger partial charge in [0.25, 0.3) is 0 Å². The molecule has 5 nitrogen and oxygen atoms in total. The van der Waals surface area contributed by atoms with Crippen LogP contribution >= 0.6 is 0 Å². The summed E-state index contributed by atoms with van der Waals surface area (Å²) in [4.78, 5) is 12.1. The predicted molar refractivity (Wildman–Crippen MR) is 90.1 cm³/mol. The summed E-state index contributed by atoms with van der Waals surface area (Å²) in [7, 11) is 0. The number of carbonyl (C=O) groups excluding carboxylic acids is 1. The molecule has 0 saturated carbocycles. The molecule has 1 aromatic carbocycles. The zero-order chi connectivity index (χ0) is 16.7. The van der Waals surface area contributed by atoms with Gasteiger partial charge in [0, 0.05) is 19.1 Å². The maximum atomic E-state index is 12.1. The van der Waals surface area contributed by atoms with Gasteiger partial charge in [0.2, 0.25) is 0 Å². The lowest BCUT2D eigenvalue weighted by molar-refractivity contribution is -0.0508. The number of aliphatic hydroxyl groups excluding tert-OH is 1. The van der Waals surface area contributed by atoms with Crippen LogP contribution in [0.15, 0.2) is 30.3 Å². The van der Waals surface area contributed by atoms with E-state index in [-0.39, 0.29) is 24.8 Å². The molecule has 2 amide bonds. The van der Waals surface area contributed by atoms with Crippen molar-refractivity contribution >= 4 is 6.03 Å². The van der Waals surface area contributed by atoms with Gasteiger partial charge in [-0.15, -0.1) is 0 Å². The quantitative estimate of drug-likeness (QED) is 0.754. The maximum absolute atomic E-state index is 12.1. The third-order valence-electron chi connectivity index (χ3n) is 4.37. The van der Waals surface area contributed by atoms with E-state index in [2.05, 4.69) is 24.5 Å². The molecule has 5 heteroatoms. The van der Waals surface area contributed by atoms with Crippen LogP contribution in [0.5, 0.6) is 0 Å². The van der Waals surface area contributed by atoms with Gasteiger partial charge in [-0.1, -0.05) is 44.2 Å². The standard InChI is InChI=1S/C18H28N2O3/c1-13(2)17-15(9-6-10-23-17)11-19-18(22)20-16(12-21)14-7-4-3-5-8-14/h3-5,7-8,13,15-17,21H,6,9-12H2,1-2H3,(H2,19,20,22). The predicted octanol–water partition coefficient (Wildman–Crippen LogP) is 2.47. The van der Waals surface area contributed by atoms with Gasteiger partial charge in [0.15, 0.2) is 0 Å². The number of hydrogen-bond donors (Lipinski definition) is 3. The van der Waals surface area contributed by atoms with Crippen molar-refractivity contribution in [3.8, 4) is 0 Å². The van der Waals surface area contributed by atoms with Gasteiger partial charge >= 0.3 is 6.03 Å². The molecule has 1 aliphatic rings. The van der Waals surface area contributed by atoms with Crippen LogP contribution in [-0.4, -0.2) is 37.0 Å². The number of carbonyl (C=O) groups is 1. The van der Waals surface area contributed by atoms with E-state index in [0.29, 0.717) is 18.4 Å². The van der Waals surface area contributed by atoms with Crippen LogP contribution in [0.1, 0.15) is 38.3 Å². The Labute approximate surface area is 138 Å². The topological polar surface area (TPSA) is 70.6 Å². The van der Waals surface area contributed by atoms with E-state index < -0.39 is 0 Å². The van der Waals surface area contributed by atoms with E-state index in [1.54, 1.807) is 0 Å². The molecule has 0 aromatic heterocycles. The van der Waals surface area contributed by atoms with Crippen LogP contribution < -0.4 is 10.6 Å². The summed E-state index contributed by atoms with van der Waals surface area (Å²) in [5.74, 6) is 0.790. The van der Waals surface area contributed by atoms with E-state index in [9.17, 15) is 9.90 Å². The monoisotopic (exact) mass is 320 g/mol. The molecule has 1 saturated heterocycles. The van der Waals surface area contributed by atoms with E-state index in [4.69, 9.17) is 4.74 Å². The lowest BCUT2D eigenvalue weighted by Gasteiger charge is -2.34. The normalized spacial score (nSPS) is 22.6. The van der Waals surface area contributed by atoms with Crippen molar-refractivity contribution in [2.24, 2.45) is 11.8 Å². The first-order valence-electron chi connectivity index (χ1n) is 8.43. The van der Waals surface area contributed by atoms with Gasteiger partial charge in [-0.2, -0.15) is 0 Å². The zero-order valence-electron chi connectivity index (χ0n) is 14.0. The van der Waals surface area contributed by atoms with E-state index >= 15 is 0 Å². The number of aliphatic hydroxyl groups is 1. The second-order valence-electron chi connectivity index (χ2n) is 6.48. The van der Waals surface area contributed by atoms with Gasteiger partial charge < -0.3 is 20.5 Å². The Kier molecular flexibility index (Phi) is 6.86. The van der Waals surface area contributed by atoms with Crippen molar-refractivity contribution in [1.29, 1.82) is 0 Å². The first-order valence-corrected chi connectivity index (χ1v) is 8.43. The number of ether oxygens (including phenoxy) is 1. The van der Waals surface area contributed by atoms with Gasteiger partial charge in [0.05, 0.1) is 18.8 Å². The van der Waals surface area contributed by atoms with Crippen LogP contribution in [0.25, 0.3) is 0 Å². The highest BCUT2D eigenvalue weighted by atomic mass is 16.5. The SMILES string of the molecule is CC(C)C1OCCCC1CNC(=O)NC(CO)c1ccccc1. The van der Waals surface area contributed by atoms with E-state index in [1.807, 2.05) is 30.3 Å². The zero-order valence-corrected chi connectivity index (χ0v) is 14.0. The Morgan fingerprint density at radius 1 is 1.35 bits per heavy atom. The average Bonchev–Trinajstić information content (AvgIpc) is 2.58. The Bertz CT molecular complexity index is 478. The summed E-state index contributed by atoms with van der Waals surface area (Å²) >= 11 is 0. The second kappa shape index (κ2) is 8.89. The number of rotatable bonds is 6. The molecule has 0 spiro atoms. The Hall–Kier alpha value is -1.59. The minimum Gasteiger partial charge on any atom is -0.394 e. The lowest BCUT2D eigenvalue weighted by Crippen LogP contribution is -2.45. The third kappa shape index (κ3) is 5.22. The largest absolute Gasteiger partial charge is 0.394 e. The number of amides is 2. The molecule has 1 aliphatic heterocycles. The van der Waals surface area contributed by atoms with Crippen molar-refractivity contribution in [2.45, 2.75) is 38.8 Å². The summed E-state index contributed by atoms with van der Waals surface area (Å²) in [5.41, 5.74) is 0.895. The molecule has 1 aromatic rings. The van der Waals surface area contributed by atoms with Gasteiger partial charge in [-0.05, 0) is 24.3 Å². The number of hydrogen-bond acceptors (Lipinski definition) is 3. The van der Waals surface area contributed by atoms with E-state index in [0.717, 1.165) is 25.0 Å². The fraction of sp³-hybridized carbons (Fsp3) is 0.611. The van der Waals surface area contributed by atoms with Crippen molar-refractivity contribution in [3.63, 3.8) is 0 Å². The van der Waals surface area contributed by atoms with Crippen molar-refractivity contribution in [3.05, 3.63) is 35.9 Å². The molecule has 3 atom stereocenters. The van der Waals surface area contributed by atoms with Crippen molar-refractivity contribution < 1.29 is 14.6 Å². The third-order valence-corrected chi connectivity index (χ3v) is 4.37. The molecule has 1 heterocycles. The fourth-order valence-electron chi connectivity index (χ4n) is 3.17. The second-order valence-corrected chi connectivity index (χ2v) is 6.48. The van der Waals surface area contributed by atoms with Gasteiger partial charge in [-0.3, -0.25) is 0 Å². The van der Waals surface area contributed by atoms with E-state index in [1.165, 1.54) is 0 Å². The fourth-order valence-corrected chi connectivity index (χ4v) is 3.17. The molecule has 23 heavy (non-hydrogen) atoms. The summed E-state index contributed by atoms with van der Waals surface area (Å²) in [6, 6.07) is 8.85. The first-order chi connectivity index (χ1) is 11.1. The number of benzene rings is 1. The average molecular weight is 320 g/mol. The Morgan fingerprint density at radius 2 is 2.09 bits per heavy atom. The highest BCUT2D eigenvalue weighted by Gasteiger charge is 2.28. The molecule has 3 unspecified atom stereocenters. The lowest BCUT2D eigenvalue weighted by atomic mass is 9.87. The van der Waals surface area contributed by atoms with Crippen LogP contribution in [-0.2, 0) is 4.74 Å². The molecule has 2 rings (SSSR count). The summed E-state index contributed by atoms with van der Waals surface area (Å²) < 4.78 is 5.84. The summed E-state index contributed by atoms with van der Waals surface area (Å²) in [6.45, 7) is 5.59. The highest BCUT2D eigenvalue weighted by Crippen LogP contribution is 2.25. The van der Waals surface area contributed by atoms with Gasteiger partial charge in [0.1, 0.15) is 0 Å². The van der Waals surface area contributed by atoms with Gasteiger partial charge in [-0.25, -0.2) is 4.79 Å². The Morgan fingerprint density at radius 3 is 2.74 bits per heavy atom. The molecule has 0 bridgehead atoms. The molecule has 1 fully saturated rings. The first kappa shape index (κ1) is 17.8. The highest BCUT2D eigenvalue weighted by molar-refractivity contribution is 5.74. The smallest absolute Gasteiger partial charge is 0.315 e. The molecular weight excluding hydrogens is 292 g/mol. The molecule has 128 valence electrons. The Balaban J connectivity index is 1.84. The number of urea groups is 1. The summed E-state index contributed by atoms with van der Waals surface area (Å²) in [5, 5.41) is 15.3. The minimum absolute atomic E-state index is 0.126. The molecule has 0 radical (unpaired) electrons. The molecule has 3 N–H and O–H groups in total. The molecular formula is C18H28N2O3. The number of nitrogens with one attached hydrogen (secondary N) is 2. The van der Waals surface area contributed by atoms with Crippen molar-refractivity contribution in [1.82, 2.24) is 10.6 Å². The van der Waals surface area contributed by atoms with Crippen LogP contribution in [0.2, 0.25) is 0 Å². The summed E-state index contributed by atoms with van der Waals surface area (Å²) in [6.07, 6.45) is 2.32. The minimum atomic E-state index is -0.389. The van der Waals surface area contributed by atoms with Crippen LogP contribution in [0.4, 0.5) is 4.79 Å². The van der Waals surface area contributed by atoms with Crippen LogP contribution in [0, 0.1) is 11.8 Å². The van der Waals surface area contributed by atoms with Crippen LogP contribution in [0.3, 0.4) is 0 Å². The van der Waals surface area contributed by atoms with Crippen molar-refractivity contribution in [2.75, 3.05) is 19.8 Å². The molecule has 0 aliphatic carbocycles. The maximum Gasteiger partial charge on any atom is 0.315 e.